The van der Waals surface area contributed by atoms with E-state index in [4.69, 9.17) is 10.5 Å². The fourth-order valence-electron chi connectivity index (χ4n) is 2.16. The van der Waals surface area contributed by atoms with Gasteiger partial charge in [-0.2, -0.15) is 4.98 Å². The minimum absolute atomic E-state index is 0.0989. The van der Waals surface area contributed by atoms with Crippen molar-refractivity contribution in [3.8, 4) is 0 Å². The van der Waals surface area contributed by atoms with Crippen molar-refractivity contribution in [3.63, 3.8) is 0 Å². The van der Waals surface area contributed by atoms with Crippen molar-refractivity contribution in [2.45, 2.75) is 39.1 Å². The van der Waals surface area contributed by atoms with Crippen LogP contribution >= 0.6 is 0 Å². The highest BCUT2D eigenvalue weighted by molar-refractivity contribution is 5.45. The molecule has 0 radical (unpaired) electrons. The Morgan fingerprint density at radius 1 is 1.44 bits per heavy atom. The Balaban J connectivity index is 2.11. The van der Waals surface area contributed by atoms with Crippen LogP contribution in [0, 0.1) is 6.92 Å². The van der Waals surface area contributed by atoms with Crippen molar-refractivity contribution < 1.29 is 9.84 Å². The van der Waals surface area contributed by atoms with Gasteiger partial charge >= 0.3 is 0 Å². The van der Waals surface area contributed by atoms with E-state index in [0.717, 1.165) is 11.5 Å². The van der Waals surface area contributed by atoms with Crippen LogP contribution < -0.4 is 10.6 Å². The Kier molecular flexibility index (Phi) is 3.68. The highest BCUT2D eigenvalue weighted by Crippen LogP contribution is 2.22. The van der Waals surface area contributed by atoms with Gasteiger partial charge < -0.3 is 20.5 Å². The number of nitrogen functional groups attached to an aromatic ring is 1. The summed E-state index contributed by atoms with van der Waals surface area (Å²) in [6, 6.07) is 1.86. The minimum atomic E-state index is -0.496. The lowest BCUT2D eigenvalue weighted by Crippen LogP contribution is -2.29. The topological polar surface area (TPSA) is 84.5 Å². The van der Waals surface area contributed by atoms with Gasteiger partial charge in [0, 0.05) is 24.8 Å². The van der Waals surface area contributed by atoms with E-state index < -0.39 is 6.10 Å². The van der Waals surface area contributed by atoms with Crippen molar-refractivity contribution in [2.24, 2.45) is 0 Å². The Morgan fingerprint density at radius 2 is 2.17 bits per heavy atom. The molecule has 1 aliphatic rings. The molecule has 0 aromatic carbocycles. The third-order valence-corrected chi connectivity index (χ3v) is 2.87. The van der Waals surface area contributed by atoms with Crippen LogP contribution in [0.2, 0.25) is 0 Å². The fraction of sp³-hybridized carbons (Fsp3) is 0.667. The lowest BCUT2D eigenvalue weighted by molar-refractivity contribution is -0.0386. The molecule has 1 aromatic heterocycles. The van der Waals surface area contributed by atoms with E-state index in [2.05, 4.69) is 9.97 Å². The number of nitrogens with zero attached hydrogens (tertiary/aromatic N) is 3. The third kappa shape index (κ3) is 2.88. The van der Waals surface area contributed by atoms with Crippen LogP contribution in [0.4, 0.5) is 11.8 Å². The summed E-state index contributed by atoms with van der Waals surface area (Å²) in [6.45, 7) is 6.92. The smallest absolute Gasteiger partial charge is 0.222 e. The number of nitrogens with two attached hydrogens (primary N) is 1. The number of aliphatic hydroxyl groups is 1. The van der Waals surface area contributed by atoms with Gasteiger partial charge in [0.15, 0.2) is 0 Å². The van der Waals surface area contributed by atoms with E-state index >= 15 is 0 Å². The summed E-state index contributed by atoms with van der Waals surface area (Å²) in [5.74, 6) is 1.00. The Hall–Kier alpha value is -1.40. The van der Waals surface area contributed by atoms with Crippen molar-refractivity contribution in [3.05, 3.63) is 11.8 Å². The van der Waals surface area contributed by atoms with E-state index in [1.165, 1.54) is 0 Å². The average molecular weight is 252 g/mol. The highest BCUT2D eigenvalue weighted by atomic mass is 16.5. The lowest BCUT2D eigenvalue weighted by atomic mass is 10.2. The monoisotopic (exact) mass is 252 g/mol. The van der Waals surface area contributed by atoms with Crippen LogP contribution in [-0.2, 0) is 4.74 Å². The first-order chi connectivity index (χ1) is 8.45. The number of aliphatic hydroxyl groups excluding tert-OH is 1. The predicted octanol–water partition coefficient (Wildman–Crippen LogP) is 0.342. The first kappa shape index (κ1) is 13.0. The Morgan fingerprint density at radius 3 is 2.78 bits per heavy atom. The van der Waals surface area contributed by atoms with Crippen LogP contribution in [-0.4, -0.2) is 46.5 Å². The summed E-state index contributed by atoms with van der Waals surface area (Å²) in [6.07, 6.45) is -0.577. The zero-order chi connectivity index (χ0) is 13.3. The molecule has 0 amide bonds. The van der Waals surface area contributed by atoms with Gasteiger partial charge in [0.2, 0.25) is 5.95 Å². The van der Waals surface area contributed by atoms with E-state index in [-0.39, 0.29) is 18.2 Å². The van der Waals surface area contributed by atoms with E-state index in [1.54, 1.807) is 0 Å². The first-order valence-electron chi connectivity index (χ1n) is 6.15. The molecule has 1 fully saturated rings. The molecule has 1 aliphatic heterocycles. The molecule has 0 saturated carbocycles. The maximum Gasteiger partial charge on any atom is 0.222 e. The molecule has 2 atom stereocenters. The molecule has 0 aliphatic carbocycles. The molecule has 6 heteroatoms. The van der Waals surface area contributed by atoms with Gasteiger partial charge in [-0.1, -0.05) is 0 Å². The fourth-order valence-corrected chi connectivity index (χ4v) is 2.16. The normalized spacial score (nSPS) is 23.9. The lowest BCUT2D eigenvalue weighted by Gasteiger charge is -2.19. The number of ether oxygens (including phenoxy) is 1. The van der Waals surface area contributed by atoms with Crippen molar-refractivity contribution in [2.75, 3.05) is 23.7 Å². The third-order valence-electron chi connectivity index (χ3n) is 2.87. The van der Waals surface area contributed by atoms with Crippen LogP contribution in [0.15, 0.2) is 6.07 Å². The Labute approximate surface area is 107 Å². The summed E-state index contributed by atoms with van der Waals surface area (Å²) < 4.78 is 5.67. The van der Waals surface area contributed by atoms with Crippen molar-refractivity contribution in [1.82, 2.24) is 9.97 Å². The molecule has 1 aromatic rings. The second-order valence-corrected chi connectivity index (χ2v) is 4.92. The average Bonchev–Trinajstić information content (AvgIpc) is 2.58. The highest BCUT2D eigenvalue weighted by Gasteiger charge is 2.33. The molecule has 1 saturated heterocycles. The zero-order valence-corrected chi connectivity index (χ0v) is 11.0. The number of β-amino-alcohol motifs (C(OH)–C–C–N with tert-alkyl or cyclic N) is 1. The van der Waals surface area contributed by atoms with Gasteiger partial charge in [-0.3, -0.25) is 0 Å². The second-order valence-electron chi connectivity index (χ2n) is 4.92. The summed E-state index contributed by atoms with van der Waals surface area (Å²) in [5.41, 5.74) is 6.45. The molecule has 2 heterocycles. The first-order valence-corrected chi connectivity index (χ1v) is 6.15. The molecule has 2 rings (SSSR count). The van der Waals surface area contributed by atoms with Gasteiger partial charge in [-0.05, 0) is 20.8 Å². The maximum atomic E-state index is 9.97. The zero-order valence-electron chi connectivity index (χ0n) is 11.0. The van der Waals surface area contributed by atoms with Crippen LogP contribution in [0.5, 0.6) is 0 Å². The number of hydrogen-bond donors (Lipinski definition) is 2. The molecule has 18 heavy (non-hydrogen) atoms. The molecule has 0 bridgehead atoms. The van der Waals surface area contributed by atoms with Gasteiger partial charge in [-0.25, -0.2) is 4.98 Å². The predicted molar refractivity (Wildman–Crippen MR) is 69.4 cm³/mol. The standard InChI is InChI=1S/C12H20N4O2/c1-7(2)18-10-6-16(5-9(10)17)11-4-8(3)14-12(13)15-11/h4,7,9-10,17H,5-6H2,1-3H3,(H2,13,14,15)/t9-,10-/m1/s1. The summed E-state index contributed by atoms with van der Waals surface area (Å²) in [5, 5.41) is 9.97. The number of rotatable bonds is 3. The molecule has 0 spiro atoms. The molecule has 0 unspecified atom stereocenters. The van der Waals surface area contributed by atoms with Crippen molar-refractivity contribution >= 4 is 11.8 Å². The second kappa shape index (κ2) is 5.07. The molecule has 3 N–H and O–H groups in total. The minimum Gasteiger partial charge on any atom is -0.388 e. The SMILES string of the molecule is Cc1cc(N2C[C@@H](O)[C@H](OC(C)C)C2)nc(N)n1. The van der Waals surface area contributed by atoms with Crippen LogP contribution in [0.3, 0.4) is 0 Å². The summed E-state index contributed by atoms with van der Waals surface area (Å²) in [4.78, 5) is 10.2. The number of anilines is 2. The van der Waals surface area contributed by atoms with E-state index in [9.17, 15) is 5.11 Å². The van der Waals surface area contributed by atoms with Crippen LogP contribution in [0.25, 0.3) is 0 Å². The van der Waals surface area contributed by atoms with Crippen LogP contribution in [0.1, 0.15) is 19.5 Å². The molecule has 6 nitrogen and oxygen atoms in total. The summed E-state index contributed by atoms with van der Waals surface area (Å²) in [7, 11) is 0. The van der Waals surface area contributed by atoms with E-state index in [0.29, 0.717) is 13.1 Å². The maximum absolute atomic E-state index is 9.97. The largest absolute Gasteiger partial charge is 0.388 e. The molecule has 100 valence electrons. The molecular formula is C12H20N4O2. The van der Waals surface area contributed by atoms with Crippen molar-refractivity contribution in [1.29, 1.82) is 0 Å². The van der Waals surface area contributed by atoms with Gasteiger partial charge in [0.1, 0.15) is 11.9 Å². The van der Waals surface area contributed by atoms with Gasteiger partial charge in [0.25, 0.3) is 0 Å². The quantitative estimate of drug-likeness (QED) is 0.807. The number of aromatic nitrogens is 2. The molecular weight excluding hydrogens is 232 g/mol. The number of hydrogen-bond acceptors (Lipinski definition) is 6. The van der Waals surface area contributed by atoms with Gasteiger partial charge in [-0.15, -0.1) is 0 Å². The van der Waals surface area contributed by atoms with E-state index in [1.807, 2.05) is 31.7 Å². The van der Waals surface area contributed by atoms with Gasteiger partial charge in [0.05, 0.1) is 12.2 Å². The summed E-state index contributed by atoms with van der Waals surface area (Å²) >= 11 is 0. The Bertz CT molecular complexity index is 404. The number of aryl methyl sites for hydroxylation is 1.